The molecule has 17 heavy (non-hydrogen) atoms. The fourth-order valence-electron chi connectivity index (χ4n) is 2.02. The first-order valence-corrected chi connectivity index (χ1v) is 12.5. The summed E-state index contributed by atoms with van der Waals surface area (Å²) in [5, 5.41) is 0. The van der Waals surface area contributed by atoms with Gasteiger partial charge in [0, 0.05) is 0 Å². The molecular weight excluding hydrogens is 359 g/mol. The average molecular weight is 384 g/mol. The van der Waals surface area contributed by atoms with Gasteiger partial charge in [0.25, 0.3) is 0 Å². The van der Waals surface area contributed by atoms with E-state index < -0.39 is 16.6 Å². The first-order chi connectivity index (χ1) is 7.22. The minimum absolute atomic E-state index is 0. The number of halogens is 1. The van der Waals surface area contributed by atoms with E-state index in [0.717, 1.165) is 12.7 Å². The summed E-state index contributed by atoms with van der Waals surface area (Å²) < 4.78 is 10.8. The van der Waals surface area contributed by atoms with Crippen molar-refractivity contribution in [3.63, 3.8) is 0 Å². The lowest BCUT2D eigenvalue weighted by molar-refractivity contribution is -0.681. The van der Waals surface area contributed by atoms with Crippen LogP contribution in [0.5, 0.6) is 0 Å². The van der Waals surface area contributed by atoms with E-state index in [1.165, 1.54) is 0 Å². The van der Waals surface area contributed by atoms with Gasteiger partial charge in [-0.1, -0.05) is 0 Å². The summed E-state index contributed by atoms with van der Waals surface area (Å²) in [6.45, 7) is 14.6. The van der Waals surface area contributed by atoms with Gasteiger partial charge in [-0.25, -0.2) is 9.13 Å². The van der Waals surface area contributed by atoms with Crippen molar-refractivity contribution >= 4 is 16.6 Å². The largest absolute Gasteiger partial charge is 1.00 e. The molecule has 0 aliphatic rings. The smallest absolute Gasteiger partial charge is 0.243 e. The molecule has 1 heterocycles. The predicted octanol–water partition coefficient (Wildman–Crippen LogP) is -0.605. The van der Waals surface area contributed by atoms with Gasteiger partial charge in [0.2, 0.25) is 14.6 Å². The molecule has 0 spiro atoms. The Morgan fingerprint density at radius 3 is 2.18 bits per heavy atom. The summed E-state index contributed by atoms with van der Waals surface area (Å²) in [6.07, 6.45) is 7.48. The summed E-state index contributed by atoms with van der Waals surface area (Å²) in [5.41, 5.74) is 0. The summed E-state index contributed by atoms with van der Waals surface area (Å²) >= 11 is 0. The summed E-state index contributed by atoms with van der Waals surface area (Å²) in [6, 6.07) is 0. The molecule has 0 N–H and O–H groups in total. The van der Waals surface area contributed by atoms with Gasteiger partial charge in [0.05, 0.1) is 6.54 Å². The third-order valence-electron chi connectivity index (χ3n) is 2.26. The fraction of sp³-hybridized carbons (Fsp3) is 0.727. The summed E-state index contributed by atoms with van der Waals surface area (Å²) in [5.74, 6) is 0. The molecule has 1 aromatic rings. The monoisotopic (exact) mass is 384 g/mol. The predicted molar refractivity (Wildman–Crippen MR) is 72.2 cm³/mol. The van der Waals surface area contributed by atoms with Crippen LogP contribution in [0.2, 0.25) is 32.7 Å². The van der Waals surface area contributed by atoms with E-state index in [9.17, 15) is 0 Å². The minimum atomic E-state index is -1.57. The maximum Gasteiger partial charge on any atom is 0.243 e. The molecule has 100 valence electrons. The topological polar surface area (TPSA) is 18.0 Å². The molecule has 0 saturated carbocycles. The Balaban J connectivity index is 0.00000256. The molecule has 0 aliphatic heterocycles. The highest BCUT2D eigenvalue weighted by Gasteiger charge is 2.32. The van der Waals surface area contributed by atoms with Crippen LogP contribution in [0.15, 0.2) is 18.7 Å². The zero-order chi connectivity index (χ0) is 12.4. The molecule has 6 heteroatoms. The maximum absolute atomic E-state index is 6.32. The Kier molecular flexibility index (Phi) is 6.61. The van der Waals surface area contributed by atoms with Crippen LogP contribution in [-0.4, -0.2) is 21.2 Å². The molecule has 0 aliphatic carbocycles. The molecule has 0 saturated heterocycles. The van der Waals surface area contributed by atoms with Crippen molar-refractivity contribution in [3.8, 4) is 0 Å². The third kappa shape index (κ3) is 6.73. The molecular formula is C11H25IN2OSi2. The van der Waals surface area contributed by atoms with Crippen molar-refractivity contribution in [1.82, 2.24) is 4.57 Å². The van der Waals surface area contributed by atoms with Crippen LogP contribution in [0, 0.1) is 0 Å². The van der Waals surface area contributed by atoms with Crippen molar-refractivity contribution in [2.75, 3.05) is 0 Å². The SMILES string of the molecule is CCn1cc[n+](C[Si](C)(C)O[Si](C)(C)C)c1.[I-]. The normalized spacial score (nSPS) is 12.4. The molecule has 1 rings (SSSR count). The molecule has 0 amide bonds. The highest BCUT2D eigenvalue weighted by atomic mass is 127. The Morgan fingerprint density at radius 2 is 1.76 bits per heavy atom. The van der Waals surface area contributed by atoms with E-state index in [1.54, 1.807) is 0 Å². The maximum atomic E-state index is 6.32. The van der Waals surface area contributed by atoms with Gasteiger partial charge in [-0.3, -0.25) is 0 Å². The van der Waals surface area contributed by atoms with Crippen LogP contribution in [0.25, 0.3) is 0 Å². The first-order valence-electron chi connectivity index (χ1n) is 5.97. The van der Waals surface area contributed by atoms with Gasteiger partial charge >= 0.3 is 0 Å². The van der Waals surface area contributed by atoms with Gasteiger partial charge in [-0.05, 0) is 39.7 Å². The molecule has 3 nitrogen and oxygen atoms in total. The number of hydrogen-bond donors (Lipinski definition) is 0. The number of imidazole rings is 1. The van der Waals surface area contributed by atoms with Crippen LogP contribution in [0.4, 0.5) is 0 Å². The highest BCUT2D eigenvalue weighted by molar-refractivity contribution is 6.83. The number of hydrogen-bond acceptors (Lipinski definition) is 1. The van der Waals surface area contributed by atoms with Crippen LogP contribution < -0.4 is 28.5 Å². The van der Waals surface area contributed by atoms with Crippen molar-refractivity contribution in [1.29, 1.82) is 0 Å². The minimum Gasteiger partial charge on any atom is -1.00 e. The van der Waals surface area contributed by atoms with E-state index in [-0.39, 0.29) is 24.0 Å². The van der Waals surface area contributed by atoms with Gasteiger partial charge in [0.1, 0.15) is 18.6 Å². The van der Waals surface area contributed by atoms with Gasteiger partial charge in [-0.2, -0.15) is 0 Å². The fourth-order valence-corrected chi connectivity index (χ4v) is 9.98. The van der Waals surface area contributed by atoms with E-state index in [2.05, 4.69) is 67.5 Å². The van der Waals surface area contributed by atoms with E-state index in [1.807, 2.05) is 0 Å². The molecule has 0 unspecified atom stereocenters. The average Bonchev–Trinajstić information content (AvgIpc) is 2.46. The molecule has 1 aromatic heterocycles. The first kappa shape index (κ1) is 17.3. The van der Waals surface area contributed by atoms with Gasteiger partial charge in [0.15, 0.2) is 8.32 Å². The van der Waals surface area contributed by atoms with Crippen LogP contribution >= 0.6 is 0 Å². The second-order valence-electron chi connectivity index (χ2n) is 5.89. The lowest BCUT2D eigenvalue weighted by Crippen LogP contribution is -3.00. The van der Waals surface area contributed by atoms with E-state index in [4.69, 9.17) is 4.12 Å². The Morgan fingerprint density at radius 1 is 1.18 bits per heavy atom. The second kappa shape index (κ2) is 6.49. The zero-order valence-corrected chi connectivity index (χ0v) is 16.0. The van der Waals surface area contributed by atoms with Crippen molar-refractivity contribution in [3.05, 3.63) is 18.7 Å². The summed E-state index contributed by atoms with van der Waals surface area (Å²) in [4.78, 5) is 0. The van der Waals surface area contributed by atoms with Gasteiger partial charge < -0.3 is 28.1 Å². The lowest BCUT2D eigenvalue weighted by atomic mass is 10.7. The van der Waals surface area contributed by atoms with Crippen LogP contribution in [0.1, 0.15) is 6.92 Å². The molecule has 0 aromatic carbocycles. The van der Waals surface area contributed by atoms with E-state index >= 15 is 0 Å². The second-order valence-corrected chi connectivity index (χ2v) is 14.8. The van der Waals surface area contributed by atoms with Crippen molar-refractivity contribution < 1.29 is 32.7 Å². The van der Waals surface area contributed by atoms with Gasteiger partial charge in [-0.15, -0.1) is 0 Å². The lowest BCUT2D eigenvalue weighted by Gasteiger charge is -2.29. The number of nitrogens with zero attached hydrogens (tertiary/aromatic N) is 2. The number of rotatable bonds is 5. The zero-order valence-electron chi connectivity index (χ0n) is 11.8. The number of aromatic nitrogens is 2. The Labute approximate surface area is 124 Å². The Bertz CT molecular complexity index is 347. The van der Waals surface area contributed by atoms with Crippen LogP contribution in [0.3, 0.4) is 0 Å². The highest BCUT2D eigenvalue weighted by Crippen LogP contribution is 2.13. The molecule has 0 radical (unpaired) electrons. The number of aryl methyl sites for hydroxylation is 1. The molecule has 0 bridgehead atoms. The third-order valence-corrected chi connectivity index (χ3v) is 8.04. The molecule has 0 atom stereocenters. The molecule has 0 fully saturated rings. The quantitative estimate of drug-likeness (QED) is 0.377. The van der Waals surface area contributed by atoms with Crippen LogP contribution in [-0.2, 0) is 16.8 Å². The van der Waals surface area contributed by atoms with Crippen molar-refractivity contribution in [2.45, 2.75) is 52.4 Å². The standard InChI is InChI=1S/C11H25N2OSi2.HI/c1-7-12-8-9-13(10-12)11-16(5,6)14-15(2,3)4;/h8-10H,7,11H2,1-6H3;1H/q+1;/p-1. The van der Waals surface area contributed by atoms with E-state index in [0.29, 0.717) is 0 Å². The Hall–Kier alpha value is 0.334. The van der Waals surface area contributed by atoms with Crippen molar-refractivity contribution in [2.24, 2.45) is 0 Å². The summed E-state index contributed by atoms with van der Waals surface area (Å²) in [7, 11) is -2.97.